The lowest BCUT2D eigenvalue weighted by Crippen LogP contribution is -2.47. The van der Waals surface area contributed by atoms with E-state index in [0.717, 1.165) is 30.2 Å². The highest BCUT2D eigenvalue weighted by Gasteiger charge is 2.19. The number of rotatable bonds is 6. The summed E-state index contributed by atoms with van der Waals surface area (Å²) in [7, 11) is 3.21. The van der Waals surface area contributed by atoms with Gasteiger partial charge >= 0.3 is 0 Å². The molecule has 2 aromatic rings. The second-order valence-corrected chi connectivity index (χ2v) is 7.15. The minimum atomic E-state index is 0.0178. The van der Waals surface area contributed by atoms with Gasteiger partial charge in [-0.3, -0.25) is 9.69 Å². The van der Waals surface area contributed by atoms with E-state index in [-0.39, 0.29) is 5.91 Å². The molecule has 0 bridgehead atoms. The Kier molecular flexibility index (Phi) is 6.95. The van der Waals surface area contributed by atoms with Crippen molar-refractivity contribution in [2.75, 3.05) is 40.4 Å². The van der Waals surface area contributed by atoms with Crippen LogP contribution in [0.4, 0.5) is 0 Å². The summed E-state index contributed by atoms with van der Waals surface area (Å²) in [5.41, 5.74) is 2.06. The fourth-order valence-corrected chi connectivity index (χ4v) is 3.43. The molecule has 0 radical (unpaired) electrons. The van der Waals surface area contributed by atoms with Crippen LogP contribution in [0.1, 0.15) is 11.1 Å². The lowest BCUT2D eigenvalue weighted by molar-refractivity contribution is -0.127. The summed E-state index contributed by atoms with van der Waals surface area (Å²) in [6.45, 7) is 3.97. The maximum atomic E-state index is 12.5. The highest BCUT2D eigenvalue weighted by atomic mass is 35.5. The van der Waals surface area contributed by atoms with Crippen LogP contribution >= 0.6 is 11.6 Å². The van der Waals surface area contributed by atoms with Crippen LogP contribution in [0.2, 0.25) is 5.02 Å². The Labute approximate surface area is 171 Å². The maximum Gasteiger partial charge on any atom is 0.246 e. The minimum absolute atomic E-state index is 0.0178. The number of halogens is 1. The van der Waals surface area contributed by atoms with Gasteiger partial charge in [-0.15, -0.1) is 0 Å². The molecule has 1 heterocycles. The molecule has 0 aromatic heterocycles. The Balaban J connectivity index is 1.54. The summed E-state index contributed by atoms with van der Waals surface area (Å²) in [6, 6.07) is 13.5. The van der Waals surface area contributed by atoms with Gasteiger partial charge in [-0.1, -0.05) is 23.7 Å². The average Bonchev–Trinajstić information content (AvgIpc) is 2.72. The Morgan fingerprint density at radius 2 is 1.71 bits per heavy atom. The third-order valence-corrected chi connectivity index (χ3v) is 5.01. The first-order chi connectivity index (χ1) is 13.6. The van der Waals surface area contributed by atoms with Crippen molar-refractivity contribution in [2.45, 2.75) is 6.54 Å². The van der Waals surface area contributed by atoms with Gasteiger partial charge in [0.25, 0.3) is 0 Å². The van der Waals surface area contributed by atoms with Crippen LogP contribution in [0.25, 0.3) is 6.08 Å². The normalized spacial score (nSPS) is 15.0. The van der Waals surface area contributed by atoms with E-state index in [4.69, 9.17) is 21.1 Å². The fourth-order valence-electron chi connectivity index (χ4n) is 3.22. The molecule has 1 fully saturated rings. The van der Waals surface area contributed by atoms with Crippen molar-refractivity contribution in [3.05, 3.63) is 64.7 Å². The van der Waals surface area contributed by atoms with Gasteiger partial charge in [-0.25, -0.2) is 0 Å². The highest BCUT2D eigenvalue weighted by molar-refractivity contribution is 6.30. The smallest absolute Gasteiger partial charge is 0.246 e. The van der Waals surface area contributed by atoms with Crippen molar-refractivity contribution in [2.24, 2.45) is 0 Å². The molecule has 0 aliphatic carbocycles. The molecule has 0 spiro atoms. The molecule has 148 valence electrons. The highest BCUT2D eigenvalue weighted by Crippen LogP contribution is 2.23. The fraction of sp³-hybridized carbons (Fsp3) is 0.318. The number of hydrogen-bond acceptors (Lipinski definition) is 4. The topological polar surface area (TPSA) is 42.0 Å². The molecule has 0 atom stereocenters. The molecule has 6 heteroatoms. The molecule has 0 unspecified atom stereocenters. The van der Waals surface area contributed by atoms with Crippen molar-refractivity contribution in [3.8, 4) is 11.5 Å². The molecule has 1 aliphatic rings. The van der Waals surface area contributed by atoms with E-state index in [1.54, 1.807) is 32.4 Å². The number of ether oxygens (including phenoxy) is 2. The third-order valence-electron chi connectivity index (χ3n) is 4.77. The number of amides is 1. The Morgan fingerprint density at radius 1 is 1.04 bits per heavy atom. The molecule has 1 saturated heterocycles. The van der Waals surface area contributed by atoms with Crippen LogP contribution in [0.15, 0.2) is 48.5 Å². The Bertz CT molecular complexity index is 823. The number of hydrogen-bond donors (Lipinski definition) is 0. The van der Waals surface area contributed by atoms with Gasteiger partial charge in [0.15, 0.2) is 0 Å². The molecule has 2 aromatic carbocycles. The van der Waals surface area contributed by atoms with Gasteiger partial charge in [0, 0.05) is 49.9 Å². The monoisotopic (exact) mass is 400 g/mol. The van der Waals surface area contributed by atoms with Crippen molar-refractivity contribution < 1.29 is 14.3 Å². The van der Waals surface area contributed by atoms with E-state index in [1.165, 1.54) is 5.56 Å². The number of benzene rings is 2. The summed E-state index contributed by atoms with van der Waals surface area (Å²) < 4.78 is 10.5. The third kappa shape index (κ3) is 5.50. The predicted octanol–water partition coefficient (Wildman–Crippen LogP) is 3.71. The van der Waals surface area contributed by atoms with Crippen LogP contribution in [0.5, 0.6) is 11.5 Å². The minimum Gasteiger partial charge on any atom is -0.497 e. The summed E-state index contributed by atoms with van der Waals surface area (Å²) in [5.74, 6) is 1.41. The largest absolute Gasteiger partial charge is 0.497 e. The first-order valence-corrected chi connectivity index (χ1v) is 9.62. The summed E-state index contributed by atoms with van der Waals surface area (Å²) in [6.07, 6.45) is 3.41. The standard InChI is InChI=1S/C22H25ClN2O3/c1-27-20-13-17(14-21(15-20)28-2)6-7-22(26)25-10-8-24(9-11-25)16-18-4-3-5-19(23)12-18/h3-7,12-15H,8-11,16H2,1-2H3/b7-6+. The van der Waals surface area contributed by atoms with E-state index in [0.29, 0.717) is 24.6 Å². The van der Waals surface area contributed by atoms with Gasteiger partial charge in [-0.2, -0.15) is 0 Å². The van der Waals surface area contributed by atoms with Crippen LogP contribution in [0.3, 0.4) is 0 Å². The van der Waals surface area contributed by atoms with E-state index in [1.807, 2.05) is 35.2 Å². The van der Waals surface area contributed by atoms with Gasteiger partial charge < -0.3 is 14.4 Å². The average molecular weight is 401 g/mol. The molecular formula is C22H25ClN2O3. The lowest BCUT2D eigenvalue weighted by Gasteiger charge is -2.34. The van der Waals surface area contributed by atoms with Crippen LogP contribution in [-0.4, -0.2) is 56.1 Å². The van der Waals surface area contributed by atoms with E-state index < -0.39 is 0 Å². The lowest BCUT2D eigenvalue weighted by atomic mass is 10.1. The van der Waals surface area contributed by atoms with Crippen molar-refractivity contribution >= 4 is 23.6 Å². The summed E-state index contributed by atoms with van der Waals surface area (Å²) >= 11 is 6.06. The van der Waals surface area contributed by atoms with E-state index >= 15 is 0 Å². The molecule has 5 nitrogen and oxygen atoms in total. The Morgan fingerprint density at radius 3 is 2.32 bits per heavy atom. The number of methoxy groups -OCH3 is 2. The number of carbonyl (C=O) groups is 1. The van der Waals surface area contributed by atoms with E-state index in [9.17, 15) is 4.79 Å². The zero-order valence-corrected chi connectivity index (χ0v) is 17.0. The summed E-state index contributed by atoms with van der Waals surface area (Å²) in [5, 5.41) is 0.755. The molecule has 0 N–H and O–H groups in total. The molecular weight excluding hydrogens is 376 g/mol. The second-order valence-electron chi connectivity index (χ2n) is 6.71. The predicted molar refractivity (Wildman–Crippen MR) is 112 cm³/mol. The van der Waals surface area contributed by atoms with Crippen molar-refractivity contribution in [1.29, 1.82) is 0 Å². The van der Waals surface area contributed by atoms with Gasteiger partial charge in [0.1, 0.15) is 11.5 Å². The second kappa shape index (κ2) is 9.62. The van der Waals surface area contributed by atoms with Gasteiger partial charge in [0.2, 0.25) is 5.91 Å². The Hall–Kier alpha value is -2.50. The van der Waals surface area contributed by atoms with E-state index in [2.05, 4.69) is 11.0 Å². The van der Waals surface area contributed by atoms with Crippen LogP contribution in [0, 0.1) is 0 Å². The first-order valence-electron chi connectivity index (χ1n) is 9.24. The molecule has 3 rings (SSSR count). The number of nitrogens with zero attached hydrogens (tertiary/aromatic N) is 2. The van der Waals surface area contributed by atoms with Crippen LogP contribution in [-0.2, 0) is 11.3 Å². The first kappa shape index (κ1) is 20.2. The molecule has 0 saturated carbocycles. The van der Waals surface area contributed by atoms with Crippen molar-refractivity contribution in [3.63, 3.8) is 0 Å². The molecule has 1 amide bonds. The number of piperazine rings is 1. The summed E-state index contributed by atoms with van der Waals surface area (Å²) in [4.78, 5) is 16.7. The van der Waals surface area contributed by atoms with Gasteiger partial charge in [0.05, 0.1) is 14.2 Å². The zero-order chi connectivity index (χ0) is 19.9. The SMILES string of the molecule is COc1cc(/C=C/C(=O)N2CCN(Cc3cccc(Cl)c3)CC2)cc(OC)c1. The van der Waals surface area contributed by atoms with Crippen LogP contribution < -0.4 is 9.47 Å². The van der Waals surface area contributed by atoms with Crippen molar-refractivity contribution in [1.82, 2.24) is 9.80 Å². The molecule has 28 heavy (non-hydrogen) atoms. The molecule has 1 aliphatic heterocycles. The maximum absolute atomic E-state index is 12.5. The quantitative estimate of drug-likeness (QED) is 0.693. The zero-order valence-electron chi connectivity index (χ0n) is 16.2. The van der Waals surface area contributed by atoms with Gasteiger partial charge in [-0.05, 0) is 41.5 Å². The number of carbonyl (C=O) groups excluding carboxylic acids is 1.